The van der Waals surface area contributed by atoms with Crippen LogP contribution >= 0.6 is 0 Å². The van der Waals surface area contributed by atoms with Crippen LogP contribution in [-0.4, -0.2) is 58.2 Å². The first-order valence-corrected chi connectivity index (χ1v) is 18.0. The van der Waals surface area contributed by atoms with Gasteiger partial charge in [-0.25, -0.2) is 8.42 Å². The first-order chi connectivity index (χ1) is 22.8. The molecule has 4 aromatic carbocycles. The average Bonchev–Trinajstić information content (AvgIpc) is 3.08. The third kappa shape index (κ3) is 10.1. The molecule has 0 aliphatic rings. The van der Waals surface area contributed by atoms with Crippen molar-refractivity contribution < 1.29 is 27.9 Å². The van der Waals surface area contributed by atoms with Crippen LogP contribution in [0.5, 0.6) is 5.75 Å². The number of rotatable bonds is 17. The minimum atomic E-state index is -3.66. The van der Waals surface area contributed by atoms with Gasteiger partial charge < -0.3 is 15.2 Å². The predicted molar refractivity (Wildman–Crippen MR) is 191 cm³/mol. The molecule has 0 unspecified atom stereocenters. The number of methoxy groups -OCH3 is 1. The fourth-order valence-corrected chi connectivity index (χ4v) is 6.31. The first-order valence-electron chi connectivity index (χ1n) is 16.1. The Kier molecular flexibility index (Phi) is 12.7. The van der Waals surface area contributed by atoms with Crippen molar-refractivity contribution in [3.63, 3.8) is 0 Å². The Bertz CT molecular complexity index is 1760. The highest BCUT2D eigenvalue weighted by atomic mass is 32.2. The number of hydrogen-bond donors (Lipinski definition) is 2. The number of ketones is 2. The molecule has 0 fully saturated rings. The molecule has 0 bridgehead atoms. The maximum atomic E-state index is 14.0. The van der Waals surface area contributed by atoms with Crippen LogP contribution in [0, 0.1) is 5.92 Å². The minimum absolute atomic E-state index is 0.0666. The van der Waals surface area contributed by atoms with Crippen molar-refractivity contribution in [2.24, 2.45) is 5.92 Å². The summed E-state index contributed by atoms with van der Waals surface area (Å²) in [6.07, 6.45) is 1.32. The molecule has 9 heteroatoms. The third-order valence-corrected chi connectivity index (χ3v) is 9.91. The van der Waals surface area contributed by atoms with E-state index in [1.807, 2.05) is 91.9 Å². The maximum Gasteiger partial charge on any atom is 0.231 e. The highest BCUT2D eigenvalue weighted by Gasteiger charge is 2.24. The predicted octanol–water partition coefficient (Wildman–Crippen LogP) is 6.61. The van der Waals surface area contributed by atoms with Gasteiger partial charge in [0.15, 0.2) is 11.6 Å². The lowest BCUT2D eigenvalue weighted by atomic mass is 9.89. The second-order valence-electron chi connectivity index (χ2n) is 12.5. The number of anilines is 1. The number of nitrogens with zero attached hydrogens (tertiary/aromatic N) is 1. The number of benzene rings is 4. The van der Waals surface area contributed by atoms with Crippen molar-refractivity contribution in [3.8, 4) is 5.75 Å². The highest BCUT2D eigenvalue weighted by molar-refractivity contribution is 7.92. The van der Waals surface area contributed by atoms with Crippen molar-refractivity contribution in [3.05, 3.63) is 131 Å². The Hall–Kier alpha value is -4.31. The van der Waals surface area contributed by atoms with E-state index in [0.717, 1.165) is 27.3 Å². The zero-order valence-electron chi connectivity index (χ0n) is 28.3. The fourth-order valence-electron chi connectivity index (χ4n) is 5.82. The standard InChI is InChI=1S/C39H46N2O6S/c1-27(31-14-10-7-11-15-31)20-37(43)33-23-34(25-35(24-33)41(3)48(5,45)46)38(44)22-30(21-29-12-8-6-9-13-29)26-40-39(28(2)42)32-16-18-36(47-4)19-17-32/h6-19,23-25,27-28,30,39-40,42H,20-22,26H2,1-5H3/t27-,28-,30+,39+/m0/s1. The molecule has 0 radical (unpaired) electrons. The summed E-state index contributed by atoms with van der Waals surface area (Å²) >= 11 is 0. The number of carbonyl (C=O) groups excluding carboxylic acids is 2. The van der Waals surface area contributed by atoms with E-state index in [0.29, 0.717) is 24.3 Å². The Balaban J connectivity index is 1.62. The first kappa shape index (κ1) is 36.5. The van der Waals surface area contributed by atoms with Crippen LogP contribution < -0.4 is 14.4 Å². The van der Waals surface area contributed by atoms with Gasteiger partial charge in [-0.3, -0.25) is 13.9 Å². The molecule has 0 aliphatic carbocycles. The summed E-state index contributed by atoms with van der Waals surface area (Å²) in [4.78, 5) is 27.6. The van der Waals surface area contributed by atoms with Crippen LogP contribution in [0.25, 0.3) is 0 Å². The van der Waals surface area contributed by atoms with E-state index in [9.17, 15) is 23.1 Å². The molecule has 0 saturated carbocycles. The van der Waals surface area contributed by atoms with Crippen LogP contribution in [0.2, 0.25) is 0 Å². The van der Waals surface area contributed by atoms with Crippen LogP contribution in [0.15, 0.2) is 103 Å². The zero-order chi connectivity index (χ0) is 34.8. The van der Waals surface area contributed by atoms with Crippen LogP contribution in [0.1, 0.15) is 76.1 Å². The SMILES string of the molecule is COc1ccc([C@H](NC[C@@H](CC(=O)c2cc(C(=O)C[C@H](C)c3ccccc3)cc(N(C)S(C)(=O)=O)c2)Cc2ccccc2)[C@H](C)O)cc1. The Morgan fingerprint density at radius 2 is 1.38 bits per heavy atom. The summed E-state index contributed by atoms with van der Waals surface area (Å²) in [5.74, 6) is 0.0957. The van der Waals surface area contributed by atoms with Crippen molar-refractivity contribution in [1.29, 1.82) is 0 Å². The number of carbonyl (C=O) groups is 2. The molecule has 0 amide bonds. The fraction of sp³-hybridized carbons (Fsp3) is 0.333. The van der Waals surface area contributed by atoms with Gasteiger partial charge in [0.05, 0.1) is 31.2 Å². The molecule has 8 nitrogen and oxygen atoms in total. The van der Waals surface area contributed by atoms with E-state index in [1.54, 1.807) is 32.2 Å². The van der Waals surface area contributed by atoms with Crippen molar-refractivity contribution in [2.75, 3.05) is 31.3 Å². The summed E-state index contributed by atoms with van der Waals surface area (Å²) in [5, 5.41) is 14.2. The average molecular weight is 671 g/mol. The van der Waals surface area contributed by atoms with Gasteiger partial charge in [-0.2, -0.15) is 0 Å². The topological polar surface area (TPSA) is 113 Å². The minimum Gasteiger partial charge on any atom is -0.497 e. The van der Waals surface area contributed by atoms with E-state index in [-0.39, 0.29) is 53.5 Å². The van der Waals surface area contributed by atoms with Crippen LogP contribution in [0.3, 0.4) is 0 Å². The van der Waals surface area contributed by atoms with E-state index in [2.05, 4.69) is 5.32 Å². The van der Waals surface area contributed by atoms with Gasteiger partial charge in [-0.05, 0) is 78.7 Å². The molecule has 0 saturated heterocycles. The zero-order valence-corrected chi connectivity index (χ0v) is 29.1. The molecule has 4 aromatic rings. The monoisotopic (exact) mass is 670 g/mol. The van der Waals surface area contributed by atoms with Gasteiger partial charge in [0.2, 0.25) is 10.0 Å². The number of sulfonamides is 1. The quantitative estimate of drug-likeness (QED) is 0.122. The number of Topliss-reactive ketones (excluding diaryl/α,β-unsaturated/α-hetero) is 2. The Morgan fingerprint density at radius 3 is 1.92 bits per heavy atom. The molecule has 0 aromatic heterocycles. The van der Waals surface area contributed by atoms with Gasteiger partial charge in [-0.15, -0.1) is 0 Å². The van der Waals surface area contributed by atoms with E-state index in [1.165, 1.54) is 7.05 Å². The summed E-state index contributed by atoms with van der Waals surface area (Å²) in [6, 6.07) is 31.4. The molecule has 2 N–H and O–H groups in total. The van der Waals surface area contributed by atoms with Gasteiger partial charge in [0.1, 0.15) is 5.75 Å². The van der Waals surface area contributed by atoms with Gasteiger partial charge in [0, 0.05) is 31.0 Å². The molecular weight excluding hydrogens is 625 g/mol. The lowest BCUT2D eigenvalue weighted by Crippen LogP contribution is -2.35. The second-order valence-corrected chi connectivity index (χ2v) is 14.5. The van der Waals surface area contributed by atoms with Gasteiger partial charge in [0.25, 0.3) is 0 Å². The molecule has 0 aliphatic heterocycles. The number of aliphatic hydroxyl groups is 1. The van der Waals surface area contributed by atoms with Gasteiger partial charge in [-0.1, -0.05) is 79.7 Å². The molecule has 0 spiro atoms. The summed E-state index contributed by atoms with van der Waals surface area (Å²) in [6.45, 7) is 4.12. The summed E-state index contributed by atoms with van der Waals surface area (Å²) < 4.78 is 31.4. The van der Waals surface area contributed by atoms with Crippen LogP contribution in [-0.2, 0) is 16.4 Å². The summed E-state index contributed by atoms with van der Waals surface area (Å²) in [5.41, 5.74) is 3.80. The number of hydrogen-bond acceptors (Lipinski definition) is 7. The van der Waals surface area contributed by atoms with Crippen molar-refractivity contribution >= 4 is 27.3 Å². The molecule has 48 heavy (non-hydrogen) atoms. The van der Waals surface area contributed by atoms with Crippen molar-refractivity contribution in [2.45, 2.75) is 51.2 Å². The van der Waals surface area contributed by atoms with Crippen molar-refractivity contribution in [1.82, 2.24) is 5.32 Å². The van der Waals surface area contributed by atoms with E-state index < -0.39 is 16.1 Å². The Labute approximate surface area is 284 Å². The number of ether oxygens (including phenoxy) is 1. The molecule has 4 atom stereocenters. The normalized spacial score (nSPS) is 14.0. The third-order valence-electron chi connectivity index (χ3n) is 8.71. The van der Waals surface area contributed by atoms with E-state index >= 15 is 0 Å². The molecular formula is C39H46N2O6S. The second kappa shape index (κ2) is 16.7. The number of aliphatic hydroxyl groups excluding tert-OH is 1. The summed E-state index contributed by atoms with van der Waals surface area (Å²) in [7, 11) is -0.644. The van der Waals surface area contributed by atoms with Gasteiger partial charge >= 0.3 is 0 Å². The molecule has 0 heterocycles. The highest BCUT2D eigenvalue weighted by Crippen LogP contribution is 2.28. The Morgan fingerprint density at radius 1 is 0.812 bits per heavy atom. The largest absolute Gasteiger partial charge is 0.497 e. The molecule has 254 valence electrons. The number of nitrogens with one attached hydrogen (secondary N) is 1. The van der Waals surface area contributed by atoms with E-state index in [4.69, 9.17) is 4.74 Å². The maximum absolute atomic E-state index is 14.0. The smallest absolute Gasteiger partial charge is 0.231 e. The lowest BCUT2D eigenvalue weighted by Gasteiger charge is -2.26. The molecule has 4 rings (SSSR count). The van der Waals surface area contributed by atoms with Crippen LogP contribution in [0.4, 0.5) is 5.69 Å². The lowest BCUT2D eigenvalue weighted by molar-refractivity contribution is 0.0955.